The Hall–Kier alpha value is -1.66. The van der Waals surface area contributed by atoms with Gasteiger partial charge in [0.25, 0.3) is 5.91 Å². The predicted octanol–water partition coefficient (Wildman–Crippen LogP) is 3.41. The Labute approximate surface area is 134 Å². The molecule has 1 aliphatic rings. The number of hydrogen-bond acceptors (Lipinski definition) is 3. The van der Waals surface area contributed by atoms with Crippen LogP contribution < -0.4 is 0 Å². The molecule has 2 aromatic rings. The van der Waals surface area contributed by atoms with E-state index in [0.29, 0.717) is 18.7 Å². The fourth-order valence-corrected chi connectivity index (χ4v) is 3.60. The summed E-state index contributed by atoms with van der Waals surface area (Å²) in [6, 6.07) is 6.95. The normalized spacial score (nSPS) is 13.9. The molecule has 108 valence electrons. The van der Waals surface area contributed by atoms with Crippen molar-refractivity contribution in [2.24, 2.45) is 0 Å². The molecule has 4 nitrogen and oxygen atoms in total. The number of benzene rings is 1. The SMILES string of the molecule is O=C(O)c1ccc2c(c1)CN(C(=O)c1csc(Br)c1)CC2. The average Bonchev–Trinajstić information content (AvgIpc) is 2.91. The molecule has 2 heterocycles. The van der Waals surface area contributed by atoms with Crippen molar-refractivity contribution in [1.82, 2.24) is 4.90 Å². The van der Waals surface area contributed by atoms with Crippen molar-refractivity contribution in [3.63, 3.8) is 0 Å². The second-order valence-corrected chi connectivity index (χ2v) is 7.20. The van der Waals surface area contributed by atoms with Crippen LogP contribution in [0.1, 0.15) is 31.8 Å². The zero-order valence-electron chi connectivity index (χ0n) is 11.0. The lowest BCUT2D eigenvalue weighted by molar-refractivity contribution is 0.0696. The second kappa shape index (κ2) is 5.61. The van der Waals surface area contributed by atoms with Crippen LogP contribution in [-0.4, -0.2) is 28.4 Å². The predicted molar refractivity (Wildman–Crippen MR) is 83.9 cm³/mol. The molecular weight excluding hydrogens is 354 g/mol. The summed E-state index contributed by atoms with van der Waals surface area (Å²) in [6.45, 7) is 1.12. The van der Waals surface area contributed by atoms with Gasteiger partial charge in [-0.25, -0.2) is 4.79 Å². The van der Waals surface area contributed by atoms with Crippen molar-refractivity contribution in [2.75, 3.05) is 6.54 Å². The Morgan fingerprint density at radius 1 is 1.19 bits per heavy atom. The average molecular weight is 366 g/mol. The summed E-state index contributed by atoms with van der Waals surface area (Å²) in [4.78, 5) is 25.2. The molecular formula is C15H12BrNO3S. The molecule has 1 amide bonds. The van der Waals surface area contributed by atoms with E-state index in [1.807, 2.05) is 17.5 Å². The number of thiophene rings is 1. The molecule has 0 spiro atoms. The Kier molecular flexibility index (Phi) is 3.82. The number of nitrogens with zero attached hydrogens (tertiary/aromatic N) is 1. The van der Waals surface area contributed by atoms with E-state index in [4.69, 9.17) is 5.11 Å². The molecule has 1 aromatic heterocycles. The largest absolute Gasteiger partial charge is 0.478 e. The Balaban J connectivity index is 1.84. The fourth-order valence-electron chi connectivity index (χ4n) is 2.47. The van der Waals surface area contributed by atoms with Gasteiger partial charge in [-0.1, -0.05) is 6.07 Å². The van der Waals surface area contributed by atoms with Crippen molar-refractivity contribution in [3.05, 3.63) is 55.7 Å². The highest BCUT2D eigenvalue weighted by Crippen LogP contribution is 2.25. The Morgan fingerprint density at radius 3 is 2.67 bits per heavy atom. The van der Waals surface area contributed by atoms with Crippen molar-refractivity contribution in [1.29, 1.82) is 0 Å². The summed E-state index contributed by atoms with van der Waals surface area (Å²) in [5, 5.41) is 10.9. The lowest BCUT2D eigenvalue weighted by atomic mass is 9.97. The number of carbonyl (C=O) groups excluding carboxylic acids is 1. The van der Waals surface area contributed by atoms with Gasteiger partial charge in [0.15, 0.2) is 0 Å². The minimum atomic E-state index is -0.942. The van der Waals surface area contributed by atoms with Gasteiger partial charge in [-0.15, -0.1) is 11.3 Å². The minimum absolute atomic E-state index is 0.0108. The summed E-state index contributed by atoms with van der Waals surface area (Å²) in [6.07, 6.45) is 0.756. The van der Waals surface area contributed by atoms with Gasteiger partial charge < -0.3 is 10.0 Å². The molecule has 0 saturated carbocycles. The van der Waals surface area contributed by atoms with E-state index < -0.39 is 5.97 Å². The number of hydrogen-bond donors (Lipinski definition) is 1. The van der Waals surface area contributed by atoms with Crippen LogP contribution in [0, 0.1) is 0 Å². The molecule has 1 N–H and O–H groups in total. The van der Waals surface area contributed by atoms with Crippen LogP contribution in [-0.2, 0) is 13.0 Å². The number of aromatic carboxylic acids is 1. The third-order valence-corrected chi connectivity index (χ3v) is 5.07. The van der Waals surface area contributed by atoms with Gasteiger partial charge >= 0.3 is 5.97 Å². The zero-order valence-corrected chi connectivity index (χ0v) is 13.4. The summed E-state index contributed by atoms with van der Waals surface area (Å²) >= 11 is 4.84. The maximum atomic E-state index is 12.4. The van der Waals surface area contributed by atoms with Gasteiger partial charge in [0.1, 0.15) is 0 Å². The van der Waals surface area contributed by atoms with E-state index >= 15 is 0 Å². The number of carboxylic acids is 1. The van der Waals surface area contributed by atoms with Gasteiger partial charge in [0.05, 0.1) is 14.9 Å². The number of carbonyl (C=O) groups is 2. The van der Waals surface area contributed by atoms with Crippen LogP contribution in [0.15, 0.2) is 33.4 Å². The Morgan fingerprint density at radius 2 is 2.00 bits per heavy atom. The maximum Gasteiger partial charge on any atom is 0.335 e. The second-order valence-electron chi connectivity index (χ2n) is 4.90. The van der Waals surface area contributed by atoms with Gasteiger partial charge in [0.2, 0.25) is 0 Å². The summed E-state index contributed by atoms with van der Waals surface area (Å²) in [5.74, 6) is -0.952. The first-order chi connectivity index (χ1) is 10.0. The van der Waals surface area contributed by atoms with Crippen LogP contribution in [0.25, 0.3) is 0 Å². The molecule has 0 bridgehead atoms. The van der Waals surface area contributed by atoms with Gasteiger partial charge in [0, 0.05) is 18.5 Å². The first-order valence-electron chi connectivity index (χ1n) is 6.43. The third kappa shape index (κ3) is 2.87. The van der Waals surface area contributed by atoms with Crippen LogP contribution in [0.3, 0.4) is 0 Å². The molecule has 0 saturated heterocycles. The van der Waals surface area contributed by atoms with E-state index in [1.54, 1.807) is 17.0 Å². The molecule has 1 aliphatic heterocycles. The van der Waals surface area contributed by atoms with E-state index in [0.717, 1.165) is 21.3 Å². The number of amides is 1. The zero-order chi connectivity index (χ0) is 15.0. The summed E-state index contributed by atoms with van der Waals surface area (Å²) < 4.78 is 0.927. The minimum Gasteiger partial charge on any atom is -0.478 e. The quantitative estimate of drug-likeness (QED) is 0.886. The molecule has 0 radical (unpaired) electrons. The highest BCUT2D eigenvalue weighted by atomic mass is 79.9. The first-order valence-corrected chi connectivity index (χ1v) is 8.10. The van der Waals surface area contributed by atoms with Crippen LogP contribution in [0.5, 0.6) is 0 Å². The van der Waals surface area contributed by atoms with E-state index in [2.05, 4.69) is 15.9 Å². The molecule has 0 unspecified atom stereocenters. The standard InChI is InChI=1S/C15H12BrNO3S/c16-13-6-12(8-21-13)14(18)17-4-3-9-1-2-10(15(19)20)5-11(9)7-17/h1-2,5-6,8H,3-4,7H2,(H,19,20). The Bertz CT molecular complexity index is 725. The molecule has 0 aliphatic carbocycles. The molecule has 6 heteroatoms. The van der Waals surface area contributed by atoms with Crippen molar-refractivity contribution >= 4 is 39.1 Å². The van der Waals surface area contributed by atoms with Crippen LogP contribution in [0.2, 0.25) is 0 Å². The van der Waals surface area contributed by atoms with Crippen LogP contribution in [0.4, 0.5) is 0 Å². The lowest BCUT2D eigenvalue weighted by Crippen LogP contribution is -2.35. The molecule has 21 heavy (non-hydrogen) atoms. The van der Waals surface area contributed by atoms with Gasteiger partial charge in [-0.05, 0) is 51.7 Å². The molecule has 1 aromatic carbocycles. The lowest BCUT2D eigenvalue weighted by Gasteiger charge is -2.29. The van der Waals surface area contributed by atoms with E-state index in [-0.39, 0.29) is 11.5 Å². The smallest absolute Gasteiger partial charge is 0.335 e. The topological polar surface area (TPSA) is 57.6 Å². The third-order valence-electron chi connectivity index (χ3n) is 3.57. The monoisotopic (exact) mass is 365 g/mol. The molecule has 3 rings (SSSR count). The maximum absolute atomic E-state index is 12.4. The van der Waals surface area contributed by atoms with Gasteiger partial charge in [-0.3, -0.25) is 4.79 Å². The highest BCUT2D eigenvalue weighted by Gasteiger charge is 2.23. The molecule has 0 fully saturated rings. The van der Waals surface area contributed by atoms with Gasteiger partial charge in [-0.2, -0.15) is 0 Å². The summed E-state index contributed by atoms with van der Waals surface area (Å²) in [7, 11) is 0. The number of rotatable bonds is 2. The van der Waals surface area contributed by atoms with Crippen molar-refractivity contribution in [2.45, 2.75) is 13.0 Å². The highest BCUT2D eigenvalue weighted by molar-refractivity contribution is 9.11. The van der Waals surface area contributed by atoms with Crippen molar-refractivity contribution < 1.29 is 14.7 Å². The first kappa shape index (κ1) is 14.3. The van der Waals surface area contributed by atoms with Crippen molar-refractivity contribution in [3.8, 4) is 0 Å². The van der Waals surface area contributed by atoms with E-state index in [9.17, 15) is 9.59 Å². The molecule has 0 atom stereocenters. The number of carboxylic acid groups (broad SMARTS) is 1. The summed E-state index contributed by atoms with van der Waals surface area (Å²) in [5.41, 5.74) is 2.98. The fraction of sp³-hybridized carbons (Fsp3) is 0.200. The van der Waals surface area contributed by atoms with Crippen LogP contribution >= 0.6 is 27.3 Å². The van der Waals surface area contributed by atoms with E-state index in [1.165, 1.54) is 11.3 Å². The number of fused-ring (bicyclic) bond motifs is 1. The number of halogens is 1.